The normalized spacial score (nSPS) is 24.9. The number of nitrogens with zero attached hydrogens (tertiary/aromatic N) is 2. The van der Waals surface area contributed by atoms with E-state index >= 15 is 0 Å². The Bertz CT molecular complexity index is 780. The van der Waals surface area contributed by atoms with E-state index in [2.05, 4.69) is 4.90 Å². The average Bonchev–Trinajstić information content (AvgIpc) is 3.35. The first-order valence-corrected chi connectivity index (χ1v) is 11.9. The van der Waals surface area contributed by atoms with Crippen molar-refractivity contribution < 1.29 is 13.2 Å². The van der Waals surface area contributed by atoms with Crippen molar-refractivity contribution in [3.05, 3.63) is 29.8 Å². The van der Waals surface area contributed by atoms with Crippen molar-refractivity contribution in [2.24, 2.45) is 0 Å². The zero-order valence-corrected chi connectivity index (χ0v) is 17.0. The fraction of sp³-hybridized carbons (Fsp3) is 0.667. The molecule has 0 bridgehead atoms. The molecule has 6 heteroatoms. The Morgan fingerprint density at radius 3 is 2.11 bits per heavy atom. The molecule has 0 aromatic heterocycles. The number of hydrogen-bond acceptors (Lipinski definition) is 3. The first kappa shape index (κ1) is 18.9. The highest BCUT2D eigenvalue weighted by Crippen LogP contribution is 2.35. The minimum atomic E-state index is -3.49. The molecule has 0 spiro atoms. The number of carbonyl (C=O) groups excluding carboxylic acids is 1. The highest BCUT2D eigenvalue weighted by atomic mass is 32.2. The number of sulfonamides is 1. The van der Waals surface area contributed by atoms with Gasteiger partial charge in [-0.3, -0.25) is 4.79 Å². The fourth-order valence-electron chi connectivity index (χ4n) is 4.65. The van der Waals surface area contributed by atoms with E-state index in [1.165, 1.54) is 12.8 Å². The third-order valence-corrected chi connectivity index (χ3v) is 8.37. The van der Waals surface area contributed by atoms with Crippen molar-refractivity contribution in [3.8, 4) is 0 Å². The van der Waals surface area contributed by atoms with Gasteiger partial charge >= 0.3 is 0 Å². The van der Waals surface area contributed by atoms with E-state index in [0.29, 0.717) is 29.1 Å². The molecule has 27 heavy (non-hydrogen) atoms. The summed E-state index contributed by atoms with van der Waals surface area (Å²) in [5.41, 5.74) is 0.611. The molecule has 5 nitrogen and oxygen atoms in total. The maximum Gasteiger partial charge on any atom is 0.254 e. The molecule has 3 aliphatic rings. The van der Waals surface area contributed by atoms with E-state index in [-0.39, 0.29) is 11.9 Å². The minimum absolute atomic E-state index is 0.0396. The van der Waals surface area contributed by atoms with Crippen LogP contribution < -0.4 is 0 Å². The van der Waals surface area contributed by atoms with Crippen LogP contribution in [0.15, 0.2) is 29.2 Å². The van der Waals surface area contributed by atoms with Crippen molar-refractivity contribution >= 4 is 15.9 Å². The first-order chi connectivity index (χ1) is 13.0. The Kier molecular flexibility index (Phi) is 5.30. The molecule has 1 aromatic rings. The molecule has 1 amide bonds. The number of hydrogen-bond donors (Lipinski definition) is 0. The molecule has 148 valence electrons. The zero-order chi connectivity index (χ0) is 19.0. The van der Waals surface area contributed by atoms with Gasteiger partial charge in [0.25, 0.3) is 5.91 Å². The molecule has 0 radical (unpaired) electrons. The highest BCUT2D eigenvalue weighted by Gasteiger charge is 2.39. The smallest absolute Gasteiger partial charge is 0.254 e. The summed E-state index contributed by atoms with van der Waals surface area (Å²) in [6, 6.07) is 7.42. The summed E-state index contributed by atoms with van der Waals surface area (Å²) in [6.45, 7) is 2.56. The molecule has 2 saturated carbocycles. The van der Waals surface area contributed by atoms with E-state index in [0.717, 1.165) is 44.9 Å². The van der Waals surface area contributed by atoms with Crippen LogP contribution >= 0.6 is 0 Å². The van der Waals surface area contributed by atoms with Gasteiger partial charge in [0.15, 0.2) is 0 Å². The zero-order valence-electron chi connectivity index (χ0n) is 16.1. The van der Waals surface area contributed by atoms with E-state index < -0.39 is 10.0 Å². The predicted molar refractivity (Wildman–Crippen MR) is 105 cm³/mol. The van der Waals surface area contributed by atoms with Gasteiger partial charge in [-0.1, -0.05) is 19.3 Å². The molecule has 1 saturated heterocycles. The van der Waals surface area contributed by atoms with Crippen LogP contribution in [0.25, 0.3) is 0 Å². The minimum Gasteiger partial charge on any atom is -0.333 e. The van der Waals surface area contributed by atoms with Crippen LogP contribution in [0, 0.1) is 0 Å². The third kappa shape index (κ3) is 3.79. The molecule has 1 atom stereocenters. The molecule has 3 fully saturated rings. The Labute approximate surface area is 162 Å². The Morgan fingerprint density at radius 1 is 0.926 bits per heavy atom. The topological polar surface area (TPSA) is 57.7 Å². The molecule has 1 unspecified atom stereocenters. The maximum absolute atomic E-state index is 13.1. The van der Waals surface area contributed by atoms with Crippen LogP contribution in [0.2, 0.25) is 0 Å². The summed E-state index contributed by atoms with van der Waals surface area (Å²) in [5.74, 6) is 0.0692. The van der Waals surface area contributed by atoms with Crippen LogP contribution in [0.5, 0.6) is 0 Å². The van der Waals surface area contributed by atoms with Crippen molar-refractivity contribution in [3.63, 3.8) is 0 Å². The number of piperidine rings is 1. The SMILES string of the molecule is CC1CCCCN1S(=O)(=O)c1ccc(C(=O)N(C2CCCC2)C2CC2)cc1. The second-order valence-corrected chi connectivity index (χ2v) is 10.3. The molecule has 4 rings (SSSR count). The largest absolute Gasteiger partial charge is 0.333 e. The second-order valence-electron chi connectivity index (χ2n) is 8.37. The van der Waals surface area contributed by atoms with Crippen LogP contribution in [0.1, 0.15) is 75.1 Å². The van der Waals surface area contributed by atoms with Gasteiger partial charge in [0.2, 0.25) is 10.0 Å². The van der Waals surface area contributed by atoms with E-state index in [9.17, 15) is 13.2 Å². The number of rotatable bonds is 5. The van der Waals surface area contributed by atoms with Gasteiger partial charge < -0.3 is 4.90 Å². The lowest BCUT2D eigenvalue weighted by Gasteiger charge is -2.32. The molecule has 0 N–H and O–H groups in total. The van der Waals surface area contributed by atoms with Crippen LogP contribution in [-0.4, -0.2) is 48.2 Å². The summed E-state index contributed by atoms with van der Waals surface area (Å²) in [5, 5.41) is 0. The number of carbonyl (C=O) groups is 1. The number of amides is 1. The highest BCUT2D eigenvalue weighted by molar-refractivity contribution is 7.89. The first-order valence-electron chi connectivity index (χ1n) is 10.4. The van der Waals surface area contributed by atoms with Gasteiger partial charge in [0, 0.05) is 30.2 Å². The van der Waals surface area contributed by atoms with Gasteiger partial charge in [-0.15, -0.1) is 0 Å². The average molecular weight is 391 g/mol. The summed E-state index contributed by atoms with van der Waals surface area (Å²) in [6.07, 6.45) is 9.70. The monoisotopic (exact) mass is 390 g/mol. The van der Waals surface area contributed by atoms with Crippen LogP contribution in [0.4, 0.5) is 0 Å². The quantitative estimate of drug-likeness (QED) is 0.768. The van der Waals surface area contributed by atoms with Crippen LogP contribution in [-0.2, 0) is 10.0 Å². The lowest BCUT2D eigenvalue weighted by atomic mass is 10.1. The van der Waals surface area contributed by atoms with E-state index in [4.69, 9.17) is 0 Å². The van der Waals surface area contributed by atoms with Gasteiger partial charge in [-0.2, -0.15) is 4.31 Å². The Hall–Kier alpha value is -1.40. The number of benzene rings is 1. The lowest BCUT2D eigenvalue weighted by molar-refractivity contribution is 0.0664. The van der Waals surface area contributed by atoms with Gasteiger partial charge in [0.1, 0.15) is 0 Å². The van der Waals surface area contributed by atoms with Crippen molar-refractivity contribution in [2.75, 3.05) is 6.54 Å². The van der Waals surface area contributed by atoms with Gasteiger partial charge in [-0.05, 0) is 69.7 Å². The molecule has 2 aliphatic carbocycles. The van der Waals surface area contributed by atoms with Crippen molar-refractivity contribution in [1.29, 1.82) is 0 Å². The van der Waals surface area contributed by atoms with Crippen molar-refractivity contribution in [2.45, 2.75) is 87.7 Å². The standard InChI is InChI=1S/C21H30N2O3S/c1-16-6-4-5-15-22(16)27(25,26)20-13-9-17(10-14-20)21(24)23(19-11-12-19)18-7-2-3-8-18/h9-10,13-14,16,18-19H,2-8,11-12,15H2,1H3. The molecule has 1 aromatic carbocycles. The van der Waals surface area contributed by atoms with Gasteiger partial charge in [-0.25, -0.2) is 8.42 Å². The molecule has 1 aliphatic heterocycles. The Balaban J connectivity index is 1.53. The molecular formula is C21H30N2O3S. The second kappa shape index (κ2) is 7.55. The molecular weight excluding hydrogens is 360 g/mol. The summed E-state index contributed by atoms with van der Waals surface area (Å²) in [7, 11) is -3.49. The van der Waals surface area contributed by atoms with E-state index in [1.54, 1.807) is 28.6 Å². The fourth-order valence-corrected chi connectivity index (χ4v) is 6.35. The summed E-state index contributed by atoms with van der Waals surface area (Å²) in [4.78, 5) is 15.5. The summed E-state index contributed by atoms with van der Waals surface area (Å²) < 4.78 is 27.6. The maximum atomic E-state index is 13.1. The third-order valence-electron chi connectivity index (χ3n) is 6.34. The van der Waals surface area contributed by atoms with E-state index in [1.807, 2.05) is 6.92 Å². The van der Waals surface area contributed by atoms with Gasteiger partial charge in [0.05, 0.1) is 4.90 Å². The Morgan fingerprint density at radius 2 is 1.52 bits per heavy atom. The predicted octanol–water partition coefficient (Wildman–Crippen LogP) is 3.80. The lowest BCUT2D eigenvalue weighted by Crippen LogP contribution is -2.42. The summed E-state index contributed by atoms with van der Waals surface area (Å²) >= 11 is 0. The van der Waals surface area contributed by atoms with Crippen molar-refractivity contribution in [1.82, 2.24) is 9.21 Å². The van der Waals surface area contributed by atoms with Crippen LogP contribution in [0.3, 0.4) is 0 Å². The molecule has 1 heterocycles.